The molecule has 1 aliphatic carbocycles. The molecule has 0 unspecified atom stereocenters. The van der Waals surface area contributed by atoms with Crippen LogP contribution in [0.5, 0.6) is 0 Å². The third-order valence-electron chi connectivity index (χ3n) is 2.81. The SMILES string of the molecule is CC1(CNc2ccncc2[N+](=O)[O-])CC1. The maximum absolute atomic E-state index is 10.7. The molecule has 2 rings (SSSR count). The molecular formula is C10H13N3O2. The molecule has 0 amide bonds. The van der Waals surface area contributed by atoms with Crippen LogP contribution in [0.3, 0.4) is 0 Å². The Labute approximate surface area is 87.7 Å². The molecule has 80 valence electrons. The van der Waals surface area contributed by atoms with Crippen LogP contribution in [0.1, 0.15) is 19.8 Å². The summed E-state index contributed by atoms with van der Waals surface area (Å²) >= 11 is 0. The summed E-state index contributed by atoms with van der Waals surface area (Å²) in [5.74, 6) is 0. The van der Waals surface area contributed by atoms with Gasteiger partial charge < -0.3 is 5.32 Å². The minimum atomic E-state index is -0.412. The summed E-state index contributed by atoms with van der Waals surface area (Å²) in [5.41, 5.74) is 0.932. The van der Waals surface area contributed by atoms with E-state index in [1.807, 2.05) is 0 Å². The Morgan fingerprint density at radius 2 is 2.40 bits per heavy atom. The Morgan fingerprint density at radius 3 is 3.00 bits per heavy atom. The van der Waals surface area contributed by atoms with E-state index in [4.69, 9.17) is 0 Å². The molecule has 15 heavy (non-hydrogen) atoms. The summed E-state index contributed by atoms with van der Waals surface area (Å²) in [4.78, 5) is 14.0. The van der Waals surface area contributed by atoms with Crippen LogP contribution in [0.15, 0.2) is 18.5 Å². The second-order valence-corrected chi connectivity index (χ2v) is 4.31. The van der Waals surface area contributed by atoms with Crippen molar-refractivity contribution in [3.8, 4) is 0 Å². The number of nitrogens with zero attached hydrogens (tertiary/aromatic N) is 2. The Balaban J connectivity index is 2.09. The van der Waals surface area contributed by atoms with E-state index in [0.717, 1.165) is 6.54 Å². The lowest BCUT2D eigenvalue weighted by atomic mass is 10.1. The molecule has 1 fully saturated rings. The number of hydrogen-bond acceptors (Lipinski definition) is 4. The van der Waals surface area contributed by atoms with Gasteiger partial charge in [0.2, 0.25) is 0 Å². The Kier molecular flexibility index (Phi) is 2.30. The second-order valence-electron chi connectivity index (χ2n) is 4.31. The molecule has 0 atom stereocenters. The fraction of sp³-hybridized carbons (Fsp3) is 0.500. The Hall–Kier alpha value is -1.65. The van der Waals surface area contributed by atoms with Gasteiger partial charge >= 0.3 is 5.69 Å². The summed E-state index contributed by atoms with van der Waals surface area (Å²) in [6.07, 6.45) is 5.22. The topological polar surface area (TPSA) is 68.1 Å². The molecular weight excluding hydrogens is 194 g/mol. The normalized spacial score (nSPS) is 17.1. The van der Waals surface area contributed by atoms with E-state index >= 15 is 0 Å². The van der Waals surface area contributed by atoms with Crippen molar-refractivity contribution in [1.29, 1.82) is 0 Å². The smallest absolute Gasteiger partial charge is 0.310 e. The number of nitro groups is 1. The van der Waals surface area contributed by atoms with Gasteiger partial charge in [-0.3, -0.25) is 15.1 Å². The van der Waals surface area contributed by atoms with Gasteiger partial charge in [0.05, 0.1) is 4.92 Å². The molecule has 1 aromatic heterocycles. The van der Waals surface area contributed by atoms with E-state index in [1.54, 1.807) is 12.3 Å². The first-order valence-electron chi connectivity index (χ1n) is 4.93. The maximum atomic E-state index is 10.7. The summed E-state index contributed by atoms with van der Waals surface area (Å²) in [6, 6.07) is 1.64. The van der Waals surface area contributed by atoms with Crippen LogP contribution in [-0.4, -0.2) is 16.5 Å². The van der Waals surface area contributed by atoms with Crippen LogP contribution in [0.4, 0.5) is 11.4 Å². The van der Waals surface area contributed by atoms with Gasteiger partial charge in [0.15, 0.2) is 0 Å². The lowest BCUT2D eigenvalue weighted by Crippen LogP contribution is -2.12. The van der Waals surface area contributed by atoms with Gasteiger partial charge in [0.25, 0.3) is 0 Å². The van der Waals surface area contributed by atoms with E-state index in [1.165, 1.54) is 19.0 Å². The average Bonchev–Trinajstić information content (AvgIpc) is 2.95. The fourth-order valence-electron chi connectivity index (χ4n) is 1.38. The molecule has 0 aliphatic heterocycles. The predicted octanol–water partition coefficient (Wildman–Crippen LogP) is 2.20. The molecule has 1 aliphatic rings. The molecule has 1 aromatic rings. The van der Waals surface area contributed by atoms with Crippen molar-refractivity contribution in [3.05, 3.63) is 28.6 Å². The Bertz CT molecular complexity index is 388. The highest BCUT2D eigenvalue weighted by molar-refractivity contribution is 5.59. The van der Waals surface area contributed by atoms with Crippen LogP contribution in [-0.2, 0) is 0 Å². The third kappa shape index (κ3) is 2.23. The van der Waals surface area contributed by atoms with Crippen molar-refractivity contribution in [1.82, 2.24) is 4.98 Å². The predicted molar refractivity (Wildman–Crippen MR) is 56.7 cm³/mol. The first-order valence-corrected chi connectivity index (χ1v) is 4.93. The van der Waals surface area contributed by atoms with E-state index in [2.05, 4.69) is 17.2 Å². The molecule has 1 saturated carbocycles. The van der Waals surface area contributed by atoms with Crippen LogP contribution >= 0.6 is 0 Å². The van der Waals surface area contributed by atoms with Crippen molar-refractivity contribution in [3.63, 3.8) is 0 Å². The van der Waals surface area contributed by atoms with Crippen molar-refractivity contribution in [2.24, 2.45) is 5.41 Å². The number of nitrogens with one attached hydrogen (secondary N) is 1. The molecule has 0 spiro atoms. The lowest BCUT2D eigenvalue weighted by molar-refractivity contribution is -0.384. The number of pyridine rings is 1. The monoisotopic (exact) mass is 207 g/mol. The van der Waals surface area contributed by atoms with E-state index in [-0.39, 0.29) is 5.69 Å². The first-order chi connectivity index (χ1) is 7.11. The van der Waals surface area contributed by atoms with Crippen molar-refractivity contribution in [2.45, 2.75) is 19.8 Å². The molecule has 5 heteroatoms. The van der Waals surface area contributed by atoms with Gasteiger partial charge in [-0.15, -0.1) is 0 Å². The van der Waals surface area contributed by atoms with Crippen LogP contribution in [0, 0.1) is 15.5 Å². The minimum absolute atomic E-state index is 0.0433. The van der Waals surface area contributed by atoms with Gasteiger partial charge in [0, 0.05) is 12.7 Å². The number of rotatable bonds is 4. The summed E-state index contributed by atoms with van der Waals surface area (Å²) < 4.78 is 0. The van der Waals surface area contributed by atoms with Gasteiger partial charge in [-0.1, -0.05) is 6.92 Å². The number of aromatic nitrogens is 1. The minimum Gasteiger partial charge on any atom is -0.379 e. The third-order valence-corrected chi connectivity index (χ3v) is 2.81. The van der Waals surface area contributed by atoms with E-state index in [0.29, 0.717) is 11.1 Å². The standard InChI is InChI=1S/C10H13N3O2/c1-10(3-4-10)7-12-8-2-5-11-6-9(8)13(14)15/h2,5-6H,3-4,7H2,1H3,(H,11,12). The number of anilines is 1. The second kappa shape index (κ2) is 3.49. The molecule has 0 radical (unpaired) electrons. The van der Waals surface area contributed by atoms with Crippen molar-refractivity contribution < 1.29 is 4.92 Å². The quantitative estimate of drug-likeness (QED) is 0.607. The average molecular weight is 207 g/mol. The number of hydrogen-bond donors (Lipinski definition) is 1. The molecule has 0 bridgehead atoms. The van der Waals surface area contributed by atoms with E-state index in [9.17, 15) is 10.1 Å². The highest BCUT2D eigenvalue weighted by Gasteiger charge is 2.37. The zero-order chi connectivity index (χ0) is 10.9. The molecule has 0 aromatic carbocycles. The molecule has 0 saturated heterocycles. The zero-order valence-corrected chi connectivity index (χ0v) is 8.56. The summed E-state index contributed by atoms with van der Waals surface area (Å²) in [7, 11) is 0. The van der Waals surface area contributed by atoms with Gasteiger partial charge in [-0.05, 0) is 24.3 Å². The lowest BCUT2D eigenvalue weighted by Gasteiger charge is -2.10. The molecule has 5 nitrogen and oxygen atoms in total. The Morgan fingerprint density at radius 1 is 1.67 bits per heavy atom. The van der Waals surface area contributed by atoms with Crippen LogP contribution in [0.2, 0.25) is 0 Å². The highest BCUT2D eigenvalue weighted by atomic mass is 16.6. The maximum Gasteiger partial charge on any atom is 0.310 e. The fourth-order valence-corrected chi connectivity index (χ4v) is 1.38. The van der Waals surface area contributed by atoms with Gasteiger partial charge in [-0.2, -0.15) is 0 Å². The van der Waals surface area contributed by atoms with Gasteiger partial charge in [-0.25, -0.2) is 0 Å². The largest absolute Gasteiger partial charge is 0.379 e. The first kappa shape index (κ1) is 9.89. The van der Waals surface area contributed by atoms with Crippen molar-refractivity contribution >= 4 is 11.4 Å². The summed E-state index contributed by atoms with van der Waals surface area (Å²) in [5, 5.41) is 13.8. The molecule has 1 heterocycles. The van der Waals surface area contributed by atoms with Gasteiger partial charge in [0.1, 0.15) is 11.9 Å². The van der Waals surface area contributed by atoms with E-state index < -0.39 is 4.92 Å². The van der Waals surface area contributed by atoms with Crippen molar-refractivity contribution in [2.75, 3.05) is 11.9 Å². The van der Waals surface area contributed by atoms with Crippen LogP contribution in [0.25, 0.3) is 0 Å². The highest BCUT2D eigenvalue weighted by Crippen LogP contribution is 2.45. The zero-order valence-electron chi connectivity index (χ0n) is 8.56. The van der Waals surface area contributed by atoms with Crippen LogP contribution < -0.4 is 5.32 Å². The molecule has 1 N–H and O–H groups in total. The summed E-state index contributed by atoms with van der Waals surface area (Å²) in [6.45, 7) is 2.96.